The number of carbonyl (C=O) groups is 1. The standard InChI is InChI=1S/C21H13Cl3N2O2/c22-16-9-18(23)21(19(24)10-16)26-20(27)12-28-17-7-5-15(6-8-17)14-3-1-13(11-25)2-4-14/h1-10H,12H2,(H,26,27). The van der Waals surface area contributed by atoms with Gasteiger partial charge in [0.05, 0.1) is 27.4 Å². The van der Waals surface area contributed by atoms with Crippen molar-refractivity contribution in [3.63, 3.8) is 0 Å². The largest absolute Gasteiger partial charge is 0.484 e. The van der Waals surface area contributed by atoms with Crippen LogP contribution in [0.25, 0.3) is 11.1 Å². The number of ether oxygens (including phenoxy) is 1. The van der Waals surface area contributed by atoms with E-state index in [4.69, 9.17) is 44.8 Å². The number of halogens is 3. The highest BCUT2D eigenvalue weighted by molar-refractivity contribution is 6.42. The van der Waals surface area contributed by atoms with Crippen LogP contribution < -0.4 is 10.1 Å². The zero-order chi connectivity index (χ0) is 20.1. The number of benzene rings is 3. The Balaban J connectivity index is 1.60. The minimum absolute atomic E-state index is 0.203. The van der Waals surface area contributed by atoms with E-state index >= 15 is 0 Å². The third kappa shape index (κ3) is 4.96. The van der Waals surface area contributed by atoms with Crippen molar-refractivity contribution >= 4 is 46.4 Å². The van der Waals surface area contributed by atoms with Crippen LogP contribution >= 0.6 is 34.8 Å². The van der Waals surface area contributed by atoms with Crippen molar-refractivity contribution < 1.29 is 9.53 Å². The van der Waals surface area contributed by atoms with Crippen molar-refractivity contribution in [1.82, 2.24) is 0 Å². The number of nitrogens with one attached hydrogen (secondary N) is 1. The molecule has 0 unspecified atom stereocenters. The van der Waals surface area contributed by atoms with Crippen molar-refractivity contribution in [1.29, 1.82) is 5.26 Å². The van der Waals surface area contributed by atoms with Gasteiger partial charge in [0.1, 0.15) is 5.75 Å². The molecule has 4 nitrogen and oxygen atoms in total. The molecule has 0 aliphatic rings. The van der Waals surface area contributed by atoms with Gasteiger partial charge in [-0.2, -0.15) is 5.26 Å². The summed E-state index contributed by atoms with van der Waals surface area (Å²) in [6.07, 6.45) is 0. The fourth-order valence-corrected chi connectivity index (χ4v) is 3.38. The summed E-state index contributed by atoms with van der Waals surface area (Å²) in [4.78, 5) is 12.1. The van der Waals surface area contributed by atoms with Crippen molar-refractivity contribution in [3.8, 4) is 22.9 Å². The Morgan fingerprint density at radius 2 is 1.46 bits per heavy atom. The zero-order valence-electron chi connectivity index (χ0n) is 14.4. The molecular weight excluding hydrogens is 419 g/mol. The molecule has 0 atom stereocenters. The molecule has 7 heteroatoms. The second-order valence-corrected chi connectivity index (χ2v) is 7.05. The summed E-state index contributed by atoms with van der Waals surface area (Å²) < 4.78 is 5.50. The van der Waals surface area contributed by atoms with Crippen LogP contribution in [0.1, 0.15) is 5.56 Å². The first kappa shape index (κ1) is 20.0. The van der Waals surface area contributed by atoms with Crippen LogP contribution in [0.4, 0.5) is 5.69 Å². The molecule has 3 aromatic rings. The van der Waals surface area contributed by atoms with E-state index in [0.717, 1.165) is 11.1 Å². The van der Waals surface area contributed by atoms with Gasteiger partial charge in [-0.05, 0) is 47.5 Å². The van der Waals surface area contributed by atoms with Crippen LogP contribution in [-0.2, 0) is 4.79 Å². The number of rotatable bonds is 5. The highest BCUT2D eigenvalue weighted by Crippen LogP contribution is 2.33. The van der Waals surface area contributed by atoms with Crippen molar-refractivity contribution in [2.24, 2.45) is 0 Å². The van der Waals surface area contributed by atoms with Gasteiger partial charge in [0.2, 0.25) is 0 Å². The number of hydrogen-bond donors (Lipinski definition) is 1. The number of anilines is 1. The van der Waals surface area contributed by atoms with Gasteiger partial charge in [-0.3, -0.25) is 4.79 Å². The van der Waals surface area contributed by atoms with Gasteiger partial charge in [0, 0.05) is 5.02 Å². The number of nitriles is 1. The fourth-order valence-electron chi connectivity index (χ4n) is 2.47. The van der Waals surface area contributed by atoms with Gasteiger partial charge in [0.25, 0.3) is 5.91 Å². The van der Waals surface area contributed by atoms with Crippen molar-refractivity contribution in [2.45, 2.75) is 0 Å². The Labute approximate surface area is 177 Å². The van der Waals surface area contributed by atoms with E-state index in [2.05, 4.69) is 11.4 Å². The normalized spacial score (nSPS) is 10.2. The number of nitrogens with zero attached hydrogens (tertiary/aromatic N) is 1. The molecule has 0 radical (unpaired) electrons. The third-order valence-corrected chi connectivity index (χ3v) is 4.66. The SMILES string of the molecule is N#Cc1ccc(-c2ccc(OCC(=O)Nc3c(Cl)cc(Cl)cc3Cl)cc2)cc1. The molecule has 0 saturated carbocycles. The predicted molar refractivity (Wildman–Crippen MR) is 112 cm³/mol. The smallest absolute Gasteiger partial charge is 0.262 e. The van der Waals surface area contributed by atoms with Crippen LogP contribution in [0.2, 0.25) is 15.1 Å². The molecule has 1 amide bonds. The Morgan fingerprint density at radius 3 is 2.00 bits per heavy atom. The van der Waals surface area contributed by atoms with Crippen LogP contribution in [0.15, 0.2) is 60.7 Å². The molecule has 28 heavy (non-hydrogen) atoms. The molecule has 3 aromatic carbocycles. The predicted octanol–water partition coefficient (Wildman–Crippen LogP) is 6.20. The average molecular weight is 432 g/mol. The molecule has 0 aromatic heterocycles. The molecule has 140 valence electrons. The summed E-state index contributed by atoms with van der Waals surface area (Å²) in [6, 6.07) is 19.6. The number of amides is 1. The van der Waals surface area contributed by atoms with E-state index in [1.165, 1.54) is 12.1 Å². The van der Waals surface area contributed by atoms with E-state index in [9.17, 15) is 4.79 Å². The van der Waals surface area contributed by atoms with Crippen molar-refractivity contribution in [2.75, 3.05) is 11.9 Å². The Hall–Kier alpha value is -2.71. The maximum absolute atomic E-state index is 12.1. The molecule has 0 bridgehead atoms. The van der Waals surface area contributed by atoms with Gasteiger partial charge in [0.15, 0.2) is 6.61 Å². The molecule has 0 aliphatic heterocycles. The second-order valence-electron chi connectivity index (χ2n) is 5.79. The summed E-state index contributed by atoms with van der Waals surface area (Å²) in [5, 5.41) is 12.3. The lowest BCUT2D eigenvalue weighted by atomic mass is 10.0. The molecule has 0 saturated heterocycles. The summed E-state index contributed by atoms with van der Waals surface area (Å²) in [5.41, 5.74) is 2.85. The second kappa shape index (κ2) is 8.99. The molecule has 3 rings (SSSR count). The lowest BCUT2D eigenvalue weighted by molar-refractivity contribution is -0.118. The molecule has 0 heterocycles. The van der Waals surface area contributed by atoms with Crippen molar-refractivity contribution in [3.05, 3.63) is 81.3 Å². The lowest BCUT2D eigenvalue weighted by Gasteiger charge is -2.11. The Kier molecular flexibility index (Phi) is 6.43. The molecular formula is C21H13Cl3N2O2. The molecule has 0 aliphatic carbocycles. The number of hydrogen-bond acceptors (Lipinski definition) is 3. The lowest BCUT2D eigenvalue weighted by Crippen LogP contribution is -2.20. The van der Waals surface area contributed by atoms with E-state index in [0.29, 0.717) is 16.3 Å². The Morgan fingerprint density at radius 1 is 0.929 bits per heavy atom. The third-order valence-electron chi connectivity index (χ3n) is 3.84. The first-order chi connectivity index (χ1) is 13.5. The van der Waals surface area contributed by atoms with Crippen LogP contribution in [0, 0.1) is 11.3 Å². The minimum Gasteiger partial charge on any atom is -0.484 e. The monoisotopic (exact) mass is 430 g/mol. The quantitative estimate of drug-likeness (QED) is 0.523. The molecule has 0 fully saturated rings. The summed E-state index contributed by atoms with van der Waals surface area (Å²) in [6.45, 7) is -0.203. The van der Waals surface area contributed by atoms with Gasteiger partial charge in [-0.1, -0.05) is 59.1 Å². The van der Waals surface area contributed by atoms with E-state index in [-0.39, 0.29) is 22.3 Å². The zero-order valence-corrected chi connectivity index (χ0v) is 16.6. The highest BCUT2D eigenvalue weighted by atomic mass is 35.5. The van der Waals surface area contributed by atoms with E-state index < -0.39 is 5.91 Å². The summed E-state index contributed by atoms with van der Waals surface area (Å²) >= 11 is 17.9. The van der Waals surface area contributed by atoms with Gasteiger partial charge in [-0.25, -0.2) is 0 Å². The maximum Gasteiger partial charge on any atom is 0.262 e. The van der Waals surface area contributed by atoms with Gasteiger partial charge in [-0.15, -0.1) is 0 Å². The van der Waals surface area contributed by atoms with E-state index in [1.807, 2.05) is 24.3 Å². The minimum atomic E-state index is -0.401. The molecule has 0 spiro atoms. The first-order valence-electron chi connectivity index (χ1n) is 8.14. The Bertz CT molecular complexity index is 1020. The molecule has 1 N–H and O–H groups in total. The van der Waals surface area contributed by atoms with Crippen LogP contribution in [-0.4, -0.2) is 12.5 Å². The highest BCUT2D eigenvalue weighted by Gasteiger charge is 2.12. The van der Waals surface area contributed by atoms with Gasteiger partial charge >= 0.3 is 0 Å². The summed E-state index contributed by atoms with van der Waals surface area (Å²) in [7, 11) is 0. The maximum atomic E-state index is 12.1. The number of carbonyl (C=O) groups excluding carboxylic acids is 1. The average Bonchev–Trinajstić information content (AvgIpc) is 2.69. The van der Waals surface area contributed by atoms with E-state index in [1.54, 1.807) is 24.3 Å². The first-order valence-corrected chi connectivity index (χ1v) is 9.27. The topological polar surface area (TPSA) is 62.1 Å². The summed E-state index contributed by atoms with van der Waals surface area (Å²) in [5.74, 6) is 0.142. The van der Waals surface area contributed by atoms with Gasteiger partial charge < -0.3 is 10.1 Å². The fraction of sp³-hybridized carbons (Fsp3) is 0.0476. The van der Waals surface area contributed by atoms with Crippen LogP contribution in [0.5, 0.6) is 5.75 Å². The van der Waals surface area contributed by atoms with Crippen LogP contribution in [0.3, 0.4) is 0 Å².